The zero-order valence-corrected chi connectivity index (χ0v) is 9.31. The van der Waals surface area contributed by atoms with E-state index < -0.39 is 0 Å². The molecule has 13 heavy (non-hydrogen) atoms. The quantitative estimate of drug-likeness (QED) is 0.491. The van der Waals surface area contributed by atoms with Crippen LogP contribution < -0.4 is 5.73 Å². The molecule has 0 amide bonds. The number of nitrogen functional groups attached to an aromatic ring is 1. The van der Waals surface area contributed by atoms with E-state index in [1.807, 2.05) is 19.9 Å². The highest BCUT2D eigenvalue weighted by Gasteiger charge is 2.12. The first-order valence-corrected chi connectivity index (χ1v) is 5.15. The summed E-state index contributed by atoms with van der Waals surface area (Å²) in [4.78, 5) is 11.5. The SMILES string of the molecule is Cc1ccc(N)c(C(=O)CBr)c1C. The molecule has 0 aliphatic heterocycles. The Morgan fingerprint density at radius 3 is 2.62 bits per heavy atom. The lowest BCUT2D eigenvalue weighted by Crippen LogP contribution is -2.08. The molecule has 0 bridgehead atoms. The Labute approximate surface area is 86.3 Å². The van der Waals surface area contributed by atoms with Crippen molar-refractivity contribution in [2.75, 3.05) is 11.1 Å². The molecule has 0 aliphatic carbocycles. The van der Waals surface area contributed by atoms with Crippen LogP contribution in [0.15, 0.2) is 12.1 Å². The molecule has 0 atom stereocenters. The third-order valence-corrected chi connectivity index (χ3v) is 2.68. The van der Waals surface area contributed by atoms with Crippen LogP contribution in [0.2, 0.25) is 0 Å². The number of aryl methyl sites for hydroxylation is 1. The topological polar surface area (TPSA) is 43.1 Å². The van der Waals surface area contributed by atoms with Gasteiger partial charge in [-0.25, -0.2) is 0 Å². The number of hydrogen-bond donors (Lipinski definition) is 1. The molecule has 0 spiro atoms. The van der Waals surface area contributed by atoms with Crippen LogP contribution in [-0.2, 0) is 0 Å². The lowest BCUT2D eigenvalue weighted by molar-refractivity contribution is 0.102. The Morgan fingerprint density at radius 1 is 1.46 bits per heavy atom. The van der Waals surface area contributed by atoms with Gasteiger partial charge in [0.05, 0.1) is 5.33 Å². The third-order valence-electron chi connectivity index (χ3n) is 2.17. The number of anilines is 1. The number of halogens is 1. The average Bonchev–Trinajstić information content (AvgIpc) is 2.12. The van der Waals surface area contributed by atoms with E-state index in [9.17, 15) is 4.79 Å². The second-order valence-electron chi connectivity index (χ2n) is 3.03. The van der Waals surface area contributed by atoms with E-state index in [1.165, 1.54) is 0 Å². The van der Waals surface area contributed by atoms with E-state index in [4.69, 9.17) is 5.73 Å². The summed E-state index contributed by atoms with van der Waals surface area (Å²) in [6.07, 6.45) is 0. The minimum atomic E-state index is 0.0405. The van der Waals surface area contributed by atoms with E-state index in [2.05, 4.69) is 15.9 Å². The molecule has 0 aromatic heterocycles. The standard InChI is InChI=1S/C10H12BrNO/c1-6-3-4-8(12)10(7(6)2)9(13)5-11/h3-4H,5,12H2,1-2H3. The number of rotatable bonds is 2. The van der Waals surface area contributed by atoms with Crippen LogP contribution in [-0.4, -0.2) is 11.1 Å². The van der Waals surface area contributed by atoms with Gasteiger partial charge < -0.3 is 5.73 Å². The fourth-order valence-corrected chi connectivity index (χ4v) is 1.55. The van der Waals surface area contributed by atoms with Crippen LogP contribution in [0.1, 0.15) is 21.5 Å². The molecular weight excluding hydrogens is 230 g/mol. The van der Waals surface area contributed by atoms with Crippen molar-refractivity contribution in [2.45, 2.75) is 13.8 Å². The van der Waals surface area contributed by atoms with Gasteiger partial charge in [-0.3, -0.25) is 4.79 Å². The van der Waals surface area contributed by atoms with Crippen LogP contribution in [0.4, 0.5) is 5.69 Å². The molecule has 3 heteroatoms. The molecule has 70 valence electrons. The molecule has 0 unspecified atom stereocenters. The van der Waals surface area contributed by atoms with Gasteiger partial charge >= 0.3 is 0 Å². The zero-order chi connectivity index (χ0) is 10.0. The van der Waals surface area contributed by atoms with Gasteiger partial charge in [0, 0.05) is 11.3 Å². The second kappa shape index (κ2) is 3.92. The summed E-state index contributed by atoms with van der Waals surface area (Å²) in [5, 5.41) is 0.321. The first kappa shape index (κ1) is 10.3. The predicted octanol–water partition coefficient (Wildman–Crippen LogP) is 2.46. The summed E-state index contributed by atoms with van der Waals surface area (Å²) in [6, 6.07) is 3.70. The molecule has 0 saturated heterocycles. The molecular formula is C10H12BrNO. The highest BCUT2D eigenvalue weighted by molar-refractivity contribution is 9.09. The van der Waals surface area contributed by atoms with Gasteiger partial charge in [-0.1, -0.05) is 22.0 Å². The van der Waals surface area contributed by atoms with Gasteiger partial charge in [0.25, 0.3) is 0 Å². The van der Waals surface area contributed by atoms with Crippen LogP contribution >= 0.6 is 15.9 Å². The Hall–Kier alpha value is -0.830. The maximum Gasteiger partial charge on any atom is 0.175 e. The molecule has 0 radical (unpaired) electrons. The van der Waals surface area contributed by atoms with Crippen molar-refractivity contribution in [1.82, 2.24) is 0 Å². The van der Waals surface area contributed by atoms with E-state index in [-0.39, 0.29) is 5.78 Å². The molecule has 2 N–H and O–H groups in total. The largest absolute Gasteiger partial charge is 0.398 e. The van der Waals surface area contributed by atoms with E-state index in [0.717, 1.165) is 11.1 Å². The lowest BCUT2D eigenvalue weighted by Gasteiger charge is -2.09. The van der Waals surface area contributed by atoms with Crippen molar-refractivity contribution < 1.29 is 4.79 Å². The predicted molar refractivity (Wildman–Crippen MR) is 58.5 cm³/mol. The summed E-state index contributed by atoms with van der Waals surface area (Å²) in [7, 11) is 0. The highest BCUT2D eigenvalue weighted by Crippen LogP contribution is 2.21. The summed E-state index contributed by atoms with van der Waals surface area (Å²) >= 11 is 3.14. The van der Waals surface area contributed by atoms with E-state index in [0.29, 0.717) is 16.6 Å². The Balaban J connectivity index is 3.33. The minimum absolute atomic E-state index is 0.0405. The summed E-state index contributed by atoms with van der Waals surface area (Å²) in [6.45, 7) is 3.89. The second-order valence-corrected chi connectivity index (χ2v) is 3.59. The van der Waals surface area contributed by atoms with Gasteiger partial charge in [-0.05, 0) is 31.0 Å². The maximum atomic E-state index is 11.5. The van der Waals surface area contributed by atoms with Crippen LogP contribution in [0.5, 0.6) is 0 Å². The molecule has 1 aromatic rings. The van der Waals surface area contributed by atoms with E-state index >= 15 is 0 Å². The Morgan fingerprint density at radius 2 is 2.08 bits per heavy atom. The molecule has 0 fully saturated rings. The number of ketones is 1. The molecule has 2 nitrogen and oxygen atoms in total. The molecule has 1 aromatic carbocycles. The first-order chi connectivity index (χ1) is 6.07. The maximum absolute atomic E-state index is 11.5. The average molecular weight is 242 g/mol. The van der Waals surface area contributed by atoms with Crippen LogP contribution in [0, 0.1) is 13.8 Å². The highest BCUT2D eigenvalue weighted by atomic mass is 79.9. The van der Waals surface area contributed by atoms with Gasteiger partial charge in [0.2, 0.25) is 0 Å². The fraction of sp³-hybridized carbons (Fsp3) is 0.300. The monoisotopic (exact) mass is 241 g/mol. The molecule has 0 heterocycles. The minimum Gasteiger partial charge on any atom is -0.398 e. The number of carbonyl (C=O) groups is 1. The Bertz CT molecular complexity index is 347. The van der Waals surface area contributed by atoms with Gasteiger partial charge in [-0.15, -0.1) is 0 Å². The van der Waals surface area contributed by atoms with E-state index in [1.54, 1.807) is 6.07 Å². The lowest BCUT2D eigenvalue weighted by atomic mass is 9.99. The molecule has 1 rings (SSSR count). The Kier molecular flexibility index (Phi) is 3.09. The number of Topliss-reactive ketones (excluding diaryl/α,β-unsaturated/α-hetero) is 1. The fourth-order valence-electron chi connectivity index (χ4n) is 1.27. The van der Waals surface area contributed by atoms with Crippen molar-refractivity contribution in [2.24, 2.45) is 0 Å². The van der Waals surface area contributed by atoms with Crippen molar-refractivity contribution in [3.05, 3.63) is 28.8 Å². The number of hydrogen-bond acceptors (Lipinski definition) is 2. The van der Waals surface area contributed by atoms with Crippen molar-refractivity contribution in [3.63, 3.8) is 0 Å². The number of carbonyl (C=O) groups excluding carboxylic acids is 1. The van der Waals surface area contributed by atoms with Crippen molar-refractivity contribution in [1.29, 1.82) is 0 Å². The van der Waals surface area contributed by atoms with Gasteiger partial charge in [0.15, 0.2) is 5.78 Å². The zero-order valence-electron chi connectivity index (χ0n) is 7.73. The smallest absolute Gasteiger partial charge is 0.175 e. The number of alkyl halides is 1. The molecule has 0 saturated carbocycles. The normalized spacial score (nSPS) is 10.1. The summed E-state index contributed by atoms with van der Waals surface area (Å²) in [5.74, 6) is 0.0405. The van der Waals surface area contributed by atoms with Crippen molar-refractivity contribution >= 4 is 27.4 Å². The summed E-state index contributed by atoms with van der Waals surface area (Å²) in [5.41, 5.74) is 9.01. The third kappa shape index (κ3) is 1.91. The van der Waals surface area contributed by atoms with Crippen LogP contribution in [0.25, 0.3) is 0 Å². The molecule has 0 aliphatic rings. The first-order valence-electron chi connectivity index (χ1n) is 4.02. The number of benzene rings is 1. The van der Waals surface area contributed by atoms with Crippen LogP contribution in [0.3, 0.4) is 0 Å². The number of nitrogens with two attached hydrogens (primary N) is 1. The van der Waals surface area contributed by atoms with Gasteiger partial charge in [0.1, 0.15) is 0 Å². The van der Waals surface area contributed by atoms with Gasteiger partial charge in [-0.2, -0.15) is 0 Å². The summed E-state index contributed by atoms with van der Waals surface area (Å²) < 4.78 is 0. The van der Waals surface area contributed by atoms with Crippen molar-refractivity contribution in [3.8, 4) is 0 Å².